The standard InChI is InChI=1S/C7H10OS/c1-9-6-7-4-2-3-5-8-7/h2-5,7H,6H2,1H3. The fourth-order valence-corrected chi connectivity index (χ4v) is 1.20. The molecular weight excluding hydrogens is 132 g/mol. The summed E-state index contributed by atoms with van der Waals surface area (Å²) < 4.78 is 5.23. The van der Waals surface area contributed by atoms with Gasteiger partial charge in [-0.25, -0.2) is 0 Å². The highest BCUT2D eigenvalue weighted by Gasteiger charge is 2.02. The van der Waals surface area contributed by atoms with E-state index in [1.54, 1.807) is 18.0 Å². The summed E-state index contributed by atoms with van der Waals surface area (Å²) >= 11 is 1.80. The van der Waals surface area contributed by atoms with Crippen molar-refractivity contribution in [3.8, 4) is 0 Å². The molecule has 0 N–H and O–H groups in total. The van der Waals surface area contributed by atoms with Crippen molar-refractivity contribution in [3.63, 3.8) is 0 Å². The van der Waals surface area contributed by atoms with Crippen LogP contribution in [0, 0.1) is 0 Å². The van der Waals surface area contributed by atoms with Crippen LogP contribution in [-0.4, -0.2) is 18.1 Å². The topological polar surface area (TPSA) is 9.23 Å². The molecular formula is C7H10OS. The predicted molar refractivity (Wildman–Crippen MR) is 41.5 cm³/mol. The van der Waals surface area contributed by atoms with E-state index < -0.39 is 0 Å². The number of hydrogen-bond acceptors (Lipinski definition) is 2. The Bertz CT molecular complexity index is 129. The summed E-state index contributed by atoms with van der Waals surface area (Å²) in [5.74, 6) is 1.04. The fourth-order valence-electron chi connectivity index (χ4n) is 0.684. The van der Waals surface area contributed by atoms with E-state index in [1.807, 2.05) is 12.2 Å². The van der Waals surface area contributed by atoms with Gasteiger partial charge in [-0.1, -0.05) is 6.08 Å². The summed E-state index contributed by atoms with van der Waals surface area (Å²) in [6.07, 6.45) is 10.1. The molecule has 0 saturated carbocycles. The van der Waals surface area contributed by atoms with Crippen LogP contribution in [0.2, 0.25) is 0 Å². The van der Waals surface area contributed by atoms with Crippen LogP contribution in [0.5, 0.6) is 0 Å². The van der Waals surface area contributed by atoms with E-state index in [2.05, 4.69) is 12.3 Å². The largest absolute Gasteiger partial charge is 0.493 e. The molecule has 1 nitrogen and oxygen atoms in total. The lowest BCUT2D eigenvalue weighted by Gasteiger charge is -2.12. The summed E-state index contributed by atoms with van der Waals surface area (Å²) in [7, 11) is 0. The maximum atomic E-state index is 5.23. The van der Waals surface area contributed by atoms with Crippen molar-refractivity contribution < 1.29 is 4.74 Å². The zero-order chi connectivity index (χ0) is 6.53. The van der Waals surface area contributed by atoms with E-state index >= 15 is 0 Å². The summed E-state index contributed by atoms with van der Waals surface area (Å²) in [4.78, 5) is 0. The number of hydrogen-bond donors (Lipinski definition) is 0. The Morgan fingerprint density at radius 2 is 2.44 bits per heavy atom. The van der Waals surface area contributed by atoms with Gasteiger partial charge in [-0.3, -0.25) is 0 Å². The first-order valence-electron chi connectivity index (χ1n) is 2.91. The highest BCUT2D eigenvalue weighted by Crippen LogP contribution is 2.07. The summed E-state index contributed by atoms with van der Waals surface area (Å²) in [6, 6.07) is 0. The third kappa shape index (κ3) is 2.14. The molecule has 9 heavy (non-hydrogen) atoms. The molecule has 1 atom stereocenters. The van der Waals surface area contributed by atoms with Crippen LogP contribution in [-0.2, 0) is 4.74 Å². The molecule has 0 saturated heterocycles. The Morgan fingerprint density at radius 3 is 3.00 bits per heavy atom. The van der Waals surface area contributed by atoms with Crippen LogP contribution >= 0.6 is 11.8 Å². The predicted octanol–water partition coefficient (Wildman–Crippen LogP) is 1.82. The first-order valence-corrected chi connectivity index (χ1v) is 4.30. The van der Waals surface area contributed by atoms with Crippen molar-refractivity contribution in [2.45, 2.75) is 6.10 Å². The van der Waals surface area contributed by atoms with Crippen LogP contribution < -0.4 is 0 Å². The van der Waals surface area contributed by atoms with Crippen LogP contribution in [0.1, 0.15) is 0 Å². The van der Waals surface area contributed by atoms with Crippen molar-refractivity contribution in [2.75, 3.05) is 12.0 Å². The maximum Gasteiger partial charge on any atom is 0.125 e. The third-order valence-corrected chi connectivity index (χ3v) is 1.76. The molecule has 0 radical (unpaired) electrons. The minimum atomic E-state index is 0.296. The number of thioether (sulfide) groups is 1. The van der Waals surface area contributed by atoms with E-state index in [0.29, 0.717) is 6.10 Å². The molecule has 0 bridgehead atoms. The summed E-state index contributed by atoms with van der Waals surface area (Å²) in [6.45, 7) is 0. The highest BCUT2D eigenvalue weighted by molar-refractivity contribution is 7.98. The van der Waals surface area contributed by atoms with Crippen LogP contribution in [0.15, 0.2) is 24.5 Å². The molecule has 2 heteroatoms. The van der Waals surface area contributed by atoms with Gasteiger partial charge < -0.3 is 4.74 Å². The summed E-state index contributed by atoms with van der Waals surface area (Å²) in [5.41, 5.74) is 0. The quantitative estimate of drug-likeness (QED) is 0.581. The van der Waals surface area contributed by atoms with Crippen molar-refractivity contribution >= 4 is 11.8 Å². The smallest absolute Gasteiger partial charge is 0.125 e. The third-order valence-electron chi connectivity index (χ3n) is 1.10. The zero-order valence-electron chi connectivity index (χ0n) is 5.41. The van der Waals surface area contributed by atoms with Crippen molar-refractivity contribution in [1.82, 2.24) is 0 Å². The van der Waals surface area contributed by atoms with Crippen molar-refractivity contribution in [3.05, 3.63) is 24.5 Å². The molecule has 1 aliphatic rings. The molecule has 1 heterocycles. The van der Waals surface area contributed by atoms with Crippen LogP contribution in [0.3, 0.4) is 0 Å². The average Bonchev–Trinajstić information content (AvgIpc) is 1.91. The van der Waals surface area contributed by atoms with Gasteiger partial charge in [0.1, 0.15) is 6.10 Å². The second-order valence-corrected chi connectivity index (χ2v) is 2.75. The van der Waals surface area contributed by atoms with Gasteiger partial charge in [0.05, 0.1) is 6.26 Å². The Kier molecular flexibility index (Phi) is 2.71. The van der Waals surface area contributed by atoms with Crippen LogP contribution in [0.25, 0.3) is 0 Å². The van der Waals surface area contributed by atoms with Gasteiger partial charge in [0, 0.05) is 5.75 Å². The number of allylic oxidation sites excluding steroid dienone is 2. The zero-order valence-corrected chi connectivity index (χ0v) is 6.23. The lowest BCUT2D eigenvalue weighted by molar-refractivity contribution is 0.204. The second-order valence-electron chi connectivity index (χ2n) is 1.84. The molecule has 0 fully saturated rings. The Balaban J connectivity index is 2.28. The minimum Gasteiger partial charge on any atom is -0.493 e. The maximum absolute atomic E-state index is 5.23. The monoisotopic (exact) mass is 142 g/mol. The van der Waals surface area contributed by atoms with Crippen molar-refractivity contribution in [1.29, 1.82) is 0 Å². The first kappa shape index (κ1) is 6.75. The van der Waals surface area contributed by atoms with Gasteiger partial charge in [-0.05, 0) is 18.4 Å². The van der Waals surface area contributed by atoms with Crippen LogP contribution in [0.4, 0.5) is 0 Å². The average molecular weight is 142 g/mol. The molecule has 0 aromatic heterocycles. The molecule has 1 rings (SSSR count). The molecule has 0 spiro atoms. The molecule has 50 valence electrons. The highest BCUT2D eigenvalue weighted by atomic mass is 32.2. The molecule has 1 unspecified atom stereocenters. The SMILES string of the molecule is CSCC1C=CC=CO1. The lowest BCUT2D eigenvalue weighted by atomic mass is 10.3. The molecule has 0 amide bonds. The minimum absolute atomic E-state index is 0.296. The van der Waals surface area contributed by atoms with E-state index in [1.165, 1.54) is 0 Å². The van der Waals surface area contributed by atoms with Gasteiger partial charge in [0.2, 0.25) is 0 Å². The van der Waals surface area contributed by atoms with E-state index in [-0.39, 0.29) is 0 Å². The summed E-state index contributed by atoms with van der Waals surface area (Å²) in [5, 5.41) is 0. The molecule has 0 aromatic rings. The Labute approximate surface area is 59.8 Å². The number of rotatable bonds is 2. The van der Waals surface area contributed by atoms with Gasteiger partial charge in [-0.2, -0.15) is 11.8 Å². The van der Waals surface area contributed by atoms with E-state index in [0.717, 1.165) is 5.75 Å². The molecule has 0 aliphatic carbocycles. The van der Waals surface area contributed by atoms with Gasteiger partial charge >= 0.3 is 0 Å². The van der Waals surface area contributed by atoms with Gasteiger partial charge in [0.15, 0.2) is 0 Å². The normalized spacial score (nSPS) is 23.9. The molecule has 0 aromatic carbocycles. The van der Waals surface area contributed by atoms with Gasteiger partial charge in [0.25, 0.3) is 0 Å². The fraction of sp³-hybridized carbons (Fsp3) is 0.429. The van der Waals surface area contributed by atoms with Gasteiger partial charge in [-0.15, -0.1) is 0 Å². The van der Waals surface area contributed by atoms with Crippen molar-refractivity contribution in [2.24, 2.45) is 0 Å². The number of ether oxygens (including phenoxy) is 1. The lowest BCUT2D eigenvalue weighted by Crippen LogP contribution is -2.10. The second kappa shape index (κ2) is 3.62. The molecule has 1 aliphatic heterocycles. The first-order chi connectivity index (χ1) is 4.43. The Morgan fingerprint density at radius 1 is 1.56 bits per heavy atom. The van der Waals surface area contributed by atoms with E-state index in [4.69, 9.17) is 4.74 Å². The van der Waals surface area contributed by atoms with E-state index in [9.17, 15) is 0 Å². The Hall–Kier alpha value is -0.370.